The van der Waals surface area contributed by atoms with Crippen LogP contribution in [0.4, 0.5) is 14.5 Å². The first-order chi connectivity index (χ1) is 17.0. The molecule has 186 valence electrons. The lowest BCUT2D eigenvalue weighted by molar-refractivity contribution is -0.0694. The van der Waals surface area contributed by atoms with E-state index in [1.807, 2.05) is 35.5 Å². The maximum Gasteiger partial charge on any atom is 0.314 e. The Morgan fingerprint density at radius 1 is 1.17 bits per heavy atom. The molecule has 5 rings (SSSR count). The number of nitrogens with zero attached hydrogens (tertiary/aromatic N) is 5. The molecule has 8 nitrogen and oxygen atoms in total. The summed E-state index contributed by atoms with van der Waals surface area (Å²) in [5.74, 6) is -0.733. The van der Waals surface area contributed by atoms with Crippen LogP contribution in [-0.2, 0) is 22.3 Å². The standard InChI is InChI=1S/C24H27F2N5O3S/c1-16-3-2-4-19(11-16)31(35(32)21-7-9-30(10-8-21)20-14-33-15-20)13-18-6-5-17(12-27-18)23-28-29-24(34-23)22(25)26/h2-6,11-12,20-22H,7-10,13-15H2,1H3. The summed E-state index contributed by atoms with van der Waals surface area (Å²) in [6.07, 6.45) is 0.410. The highest BCUT2D eigenvalue weighted by Crippen LogP contribution is 2.28. The molecule has 35 heavy (non-hydrogen) atoms. The van der Waals surface area contributed by atoms with Gasteiger partial charge in [0.1, 0.15) is 11.0 Å². The van der Waals surface area contributed by atoms with Crippen LogP contribution in [0, 0.1) is 6.92 Å². The van der Waals surface area contributed by atoms with Gasteiger partial charge in [-0.25, -0.2) is 4.21 Å². The number of hydrogen-bond donors (Lipinski definition) is 0. The maximum absolute atomic E-state index is 13.8. The van der Waals surface area contributed by atoms with Crippen LogP contribution in [0.15, 0.2) is 47.0 Å². The molecule has 11 heteroatoms. The number of pyridine rings is 1. The molecule has 4 heterocycles. The van der Waals surface area contributed by atoms with Crippen LogP contribution < -0.4 is 4.31 Å². The van der Waals surface area contributed by atoms with Crippen molar-refractivity contribution in [3.05, 3.63) is 59.7 Å². The number of benzene rings is 1. The zero-order valence-corrected chi connectivity index (χ0v) is 20.2. The van der Waals surface area contributed by atoms with E-state index >= 15 is 0 Å². The van der Waals surface area contributed by atoms with Gasteiger partial charge in [-0.15, -0.1) is 10.2 Å². The SMILES string of the molecule is Cc1cccc(N(Cc2ccc(-c3nnc(C(F)F)o3)cn2)S(=O)C2CCN(C3COC3)CC2)c1. The molecule has 0 aliphatic carbocycles. The number of alkyl halides is 2. The van der Waals surface area contributed by atoms with Crippen molar-refractivity contribution in [1.82, 2.24) is 20.1 Å². The van der Waals surface area contributed by atoms with Crippen molar-refractivity contribution >= 4 is 16.7 Å². The van der Waals surface area contributed by atoms with Crippen molar-refractivity contribution in [1.29, 1.82) is 0 Å². The van der Waals surface area contributed by atoms with Gasteiger partial charge in [0, 0.05) is 11.9 Å². The number of halogens is 2. The summed E-state index contributed by atoms with van der Waals surface area (Å²) >= 11 is 0. The van der Waals surface area contributed by atoms with Crippen LogP contribution in [-0.4, -0.2) is 61.9 Å². The highest BCUT2D eigenvalue weighted by molar-refractivity contribution is 7.87. The first kappa shape index (κ1) is 24.0. The van der Waals surface area contributed by atoms with Gasteiger partial charge in [-0.2, -0.15) is 8.78 Å². The second-order valence-electron chi connectivity index (χ2n) is 8.86. The summed E-state index contributed by atoms with van der Waals surface area (Å²) in [7, 11) is -1.25. The average Bonchev–Trinajstić information content (AvgIpc) is 3.33. The van der Waals surface area contributed by atoms with E-state index < -0.39 is 23.3 Å². The lowest BCUT2D eigenvalue weighted by Gasteiger charge is -2.41. The molecule has 0 amide bonds. The molecule has 0 spiro atoms. The van der Waals surface area contributed by atoms with E-state index in [1.54, 1.807) is 12.1 Å². The molecule has 0 bridgehead atoms. The van der Waals surface area contributed by atoms with Gasteiger partial charge in [0.25, 0.3) is 5.89 Å². The van der Waals surface area contributed by atoms with Crippen molar-refractivity contribution in [3.63, 3.8) is 0 Å². The maximum atomic E-state index is 13.8. The Balaban J connectivity index is 1.32. The summed E-state index contributed by atoms with van der Waals surface area (Å²) in [6.45, 7) is 5.78. The van der Waals surface area contributed by atoms with Crippen molar-refractivity contribution < 1.29 is 22.1 Å². The minimum atomic E-state index is -2.82. The number of rotatable bonds is 8. The number of hydrogen-bond acceptors (Lipinski definition) is 7. The van der Waals surface area contributed by atoms with Gasteiger partial charge < -0.3 is 9.15 Å². The third-order valence-corrected chi connectivity index (χ3v) is 8.23. The van der Waals surface area contributed by atoms with Crippen LogP contribution in [0.5, 0.6) is 0 Å². The van der Waals surface area contributed by atoms with Crippen molar-refractivity contribution in [2.45, 2.75) is 44.0 Å². The van der Waals surface area contributed by atoms with E-state index in [9.17, 15) is 13.0 Å². The van der Waals surface area contributed by atoms with Crippen molar-refractivity contribution in [3.8, 4) is 11.5 Å². The highest BCUT2D eigenvalue weighted by Gasteiger charge is 2.33. The van der Waals surface area contributed by atoms with Crippen LogP contribution in [0.2, 0.25) is 0 Å². The Morgan fingerprint density at radius 2 is 1.97 bits per heavy atom. The normalized spacial score (nSPS) is 18.5. The molecule has 0 saturated carbocycles. The largest absolute Gasteiger partial charge is 0.415 e. The Bertz CT molecular complexity index is 1160. The van der Waals surface area contributed by atoms with E-state index in [-0.39, 0.29) is 11.1 Å². The number of aryl methyl sites for hydroxylation is 1. The van der Waals surface area contributed by atoms with Gasteiger partial charge in [0.05, 0.1) is 42.3 Å². The van der Waals surface area contributed by atoms with Crippen LogP contribution >= 0.6 is 0 Å². The molecular weight excluding hydrogens is 476 g/mol. The van der Waals surface area contributed by atoms with E-state index in [0.717, 1.165) is 50.4 Å². The van der Waals surface area contributed by atoms with E-state index in [4.69, 9.17) is 9.15 Å². The predicted octanol–water partition coefficient (Wildman–Crippen LogP) is 3.91. The van der Waals surface area contributed by atoms with Crippen LogP contribution in [0.25, 0.3) is 11.5 Å². The Hall–Kier alpha value is -2.76. The first-order valence-electron chi connectivity index (χ1n) is 11.6. The minimum absolute atomic E-state index is 0.0120. The van der Waals surface area contributed by atoms with E-state index in [1.165, 1.54) is 6.20 Å². The number of likely N-dealkylation sites (tertiary alicyclic amines) is 1. The zero-order valence-electron chi connectivity index (χ0n) is 19.3. The second kappa shape index (κ2) is 10.5. The summed E-state index contributed by atoms with van der Waals surface area (Å²) in [5, 5.41) is 7.08. The van der Waals surface area contributed by atoms with Gasteiger partial charge in [-0.3, -0.25) is 14.2 Å². The number of anilines is 1. The topological polar surface area (TPSA) is 84.6 Å². The lowest BCUT2D eigenvalue weighted by atomic mass is 10.1. The Kier molecular flexibility index (Phi) is 7.17. The summed E-state index contributed by atoms with van der Waals surface area (Å²) in [4.78, 5) is 6.90. The van der Waals surface area contributed by atoms with Gasteiger partial charge in [-0.1, -0.05) is 12.1 Å². The molecular formula is C24H27F2N5O3S. The molecule has 2 fully saturated rings. The molecule has 1 atom stereocenters. The fraction of sp³-hybridized carbons (Fsp3) is 0.458. The summed E-state index contributed by atoms with van der Waals surface area (Å²) in [6, 6.07) is 11.9. The lowest BCUT2D eigenvalue weighted by Crippen LogP contribution is -2.53. The molecule has 1 aromatic carbocycles. The van der Waals surface area contributed by atoms with E-state index in [0.29, 0.717) is 23.8 Å². The van der Waals surface area contributed by atoms with Crippen molar-refractivity contribution in [2.24, 2.45) is 0 Å². The monoisotopic (exact) mass is 503 g/mol. The number of ether oxygens (including phenoxy) is 1. The Morgan fingerprint density at radius 3 is 2.57 bits per heavy atom. The molecule has 3 aromatic rings. The number of piperidine rings is 1. The third-order valence-electron chi connectivity index (χ3n) is 6.41. The van der Waals surface area contributed by atoms with Crippen LogP contribution in [0.3, 0.4) is 0 Å². The fourth-order valence-electron chi connectivity index (χ4n) is 4.33. The van der Waals surface area contributed by atoms with Crippen molar-refractivity contribution in [2.75, 3.05) is 30.6 Å². The molecule has 2 aliphatic heterocycles. The molecule has 2 aromatic heterocycles. The molecule has 1 unspecified atom stereocenters. The zero-order chi connectivity index (χ0) is 24.4. The van der Waals surface area contributed by atoms with Crippen LogP contribution in [0.1, 0.15) is 36.4 Å². The highest BCUT2D eigenvalue weighted by atomic mass is 32.2. The number of aromatic nitrogens is 3. The molecule has 2 aliphatic rings. The average molecular weight is 504 g/mol. The Labute approximate surface area is 204 Å². The summed E-state index contributed by atoms with van der Waals surface area (Å²) < 4.78 is 51.5. The van der Waals surface area contributed by atoms with Gasteiger partial charge in [0.2, 0.25) is 5.89 Å². The van der Waals surface area contributed by atoms with Gasteiger partial charge in [-0.05, 0) is 62.7 Å². The minimum Gasteiger partial charge on any atom is -0.415 e. The smallest absolute Gasteiger partial charge is 0.314 e. The third kappa shape index (κ3) is 5.41. The fourth-order valence-corrected chi connectivity index (χ4v) is 5.88. The quantitative estimate of drug-likeness (QED) is 0.461. The molecule has 0 N–H and O–H groups in total. The van der Waals surface area contributed by atoms with E-state index in [2.05, 4.69) is 20.1 Å². The molecule has 2 saturated heterocycles. The van der Waals surface area contributed by atoms with Gasteiger partial charge in [0.15, 0.2) is 0 Å². The van der Waals surface area contributed by atoms with Gasteiger partial charge >= 0.3 is 6.43 Å². The first-order valence-corrected chi connectivity index (χ1v) is 12.8. The summed E-state index contributed by atoms with van der Waals surface area (Å²) in [5.41, 5.74) is 3.10. The molecule has 0 radical (unpaired) electrons. The second-order valence-corrected chi connectivity index (χ2v) is 10.5. The predicted molar refractivity (Wildman–Crippen MR) is 127 cm³/mol.